The van der Waals surface area contributed by atoms with Crippen LogP contribution in [0.5, 0.6) is 0 Å². The lowest BCUT2D eigenvalue weighted by molar-refractivity contribution is 0.0607. The van der Waals surface area contributed by atoms with Crippen LogP contribution < -0.4 is 5.14 Å². The predicted octanol–water partition coefficient (Wildman–Crippen LogP) is 2.89. The number of primary sulfonamides is 1. The van der Waals surface area contributed by atoms with E-state index in [1.54, 1.807) is 0 Å². The van der Waals surface area contributed by atoms with Crippen LogP contribution in [0, 0.1) is 11.7 Å². The van der Waals surface area contributed by atoms with Crippen LogP contribution in [0.25, 0.3) is 5.69 Å². The highest BCUT2D eigenvalue weighted by molar-refractivity contribution is 7.89. The molecule has 34 heavy (non-hydrogen) atoms. The second-order valence-corrected chi connectivity index (χ2v) is 10.3. The van der Waals surface area contributed by atoms with Gasteiger partial charge < -0.3 is 4.74 Å². The minimum Gasteiger partial charge on any atom is -0.381 e. The Labute approximate surface area is 199 Å². The molecule has 0 spiro atoms. The third-order valence-electron chi connectivity index (χ3n) is 6.07. The van der Waals surface area contributed by atoms with Crippen LogP contribution in [0.4, 0.5) is 4.39 Å². The third kappa shape index (κ3) is 6.26. The molecule has 1 aliphatic heterocycles. The summed E-state index contributed by atoms with van der Waals surface area (Å²) < 4.78 is 45.1. The van der Waals surface area contributed by atoms with Crippen LogP contribution in [0.2, 0.25) is 0 Å². The number of nitrogens with zero attached hydrogens (tertiary/aromatic N) is 4. The first-order chi connectivity index (χ1) is 16.3. The SMILES string of the molecule is CN(CCC1CCOCC1)Cc1nc(Cc2ccccc2)n(-c2ccc(S(N)(=O)=O)cc2F)n1. The maximum Gasteiger partial charge on any atom is 0.238 e. The van der Waals surface area contributed by atoms with Gasteiger partial charge in [-0.3, -0.25) is 4.90 Å². The maximum absolute atomic E-state index is 15.0. The lowest BCUT2D eigenvalue weighted by Gasteiger charge is -2.24. The van der Waals surface area contributed by atoms with Crippen molar-refractivity contribution in [2.24, 2.45) is 11.1 Å². The second kappa shape index (κ2) is 10.7. The molecule has 1 saturated heterocycles. The molecule has 0 aliphatic carbocycles. The van der Waals surface area contributed by atoms with Crippen LogP contribution >= 0.6 is 0 Å². The predicted molar refractivity (Wildman–Crippen MR) is 126 cm³/mol. The molecule has 1 aromatic heterocycles. The van der Waals surface area contributed by atoms with Crippen molar-refractivity contribution in [1.82, 2.24) is 19.7 Å². The van der Waals surface area contributed by atoms with Gasteiger partial charge in [0.25, 0.3) is 0 Å². The largest absolute Gasteiger partial charge is 0.381 e. The van der Waals surface area contributed by atoms with Gasteiger partial charge in [0.15, 0.2) is 5.82 Å². The molecule has 2 heterocycles. The molecular formula is C24H30FN5O3S. The molecule has 0 radical (unpaired) electrons. The summed E-state index contributed by atoms with van der Waals surface area (Å²) in [5.74, 6) is 1.09. The number of halogens is 1. The van der Waals surface area contributed by atoms with Crippen molar-refractivity contribution in [3.63, 3.8) is 0 Å². The number of nitrogens with two attached hydrogens (primary N) is 1. The number of hydrogen-bond acceptors (Lipinski definition) is 6. The lowest BCUT2D eigenvalue weighted by Crippen LogP contribution is -2.24. The molecule has 0 amide bonds. The van der Waals surface area contributed by atoms with Gasteiger partial charge in [0, 0.05) is 19.6 Å². The molecule has 1 fully saturated rings. The molecule has 3 aromatic rings. The molecule has 1 aliphatic rings. The Morgan fingerprint density at radius 2 is 1.91 bits per heavy atom. The van der Waals surface area contributed by atoms with Crippen LogP contribution in [-0.2, 0) is 27.7 Å². The number of benzene rings is 2. The van der Waals surface area contributed by atoms with Crippen molar-refractivity contribution >= 4 is 10.0 Å². The number of sulfonamides is 1. The van der Waals surface area contributed by atoms with Crippen LogP contribution in [0.3, 0.4) is 0 Å². The fraction of sp³-hybridized carbons (Fsp3) is 0.417. The van der Waals surface area contributed by atoms with Gasteiger partial charge in [0.1, 0.15) is 17.3 Å². The van der Waals surface area contributed by atoms with Gasteiger partial charge in [-0.2, -0.15) is 0 Å². The molecule has 0 bridgehead atoms. The Morgan fingerprint density at radius 3 is 2.59 bits per heavy atom. The van der Waals surface area contributed by atoms with Gasteiger partial charge in [0.05, 0.1) is 11.4 Å². The summed E-state index contributed by atoms with van der Waals surface area (Å²) in [6.45, 7) is 3.09. The molecule has 0 unspecified atom stereocenters. The summed E-state index contributed by atoms with van der Waals surface area (Å²) in [7, 11) is -1.98. The van der Waals surface area contributed by atoms with Crippen molar-refractivity contribution in [2.45, 2.75) is 37.1 Å². The van der Waals surface area contributed by atoms with Gasteiger partial charge in [-0.05, 0) is 62.5 Å². The first-order valence-electron chi connectivity index (χ1n) is 11.4. The number of hydrogen-bond donors (Lipinski definition) is 1. The molecule has 0 saturated carbocycles. The monoisotopic (exact) mass is 487 g/mol. The van der Waals surface area contributed by atoms with E-state index in [9.17, 15) is 12.8 Å². The van der Waals surface area contributed by atoms with Crippen LogP contribution in [0.1, 0.15) is 36.5 Å². The fourth-order valence-electron chi connectivity index (χ4n) is 4.14. The topological polar surface area (TPSA) is 103 Å². The molecule has 4 rings (SSSR count). The standard InChI is InChI=1S/C24H30FN5O3S/c1-29(12-9-18-10-13-33-14-11-18)17-23-27-24(15-19-5-3-2-4-6-19)30(28-23)22-8-7-20(16-21(22)25)34(26,31)32/h2-8,16,18H,9-15,17H2,1H3,(H2,26,31,32). The Morgan fingerprint density at radius 1 is 1.18 bits per heavy atom. The molecular weight excluding hydrogens is 457 g/mol. The highest BCUT2D eigenvalue weighted by Crippen LogP contribution is 2.21. The van der Waals surface area contributed by atoms with Gasteiger partial charge in [0.2, 0.25) is 10.0 Å². The van der Waals surface area contributed by atoms with Crippen molar-refractivity contribution < 1.29 is 17.5 Å². The summed E-state index contributed by atoms with van der Waals surface area (Å²) in [6.07, 6.45) is 3.72. The summed E-state index contributed by atoms with van der Waals surface area (Å²) in [4.78, 5) is 6.59. The van der Waals surface area contributed by atoms with E-state index in [1.807, 2.05) is 37.4 Å². The Bertz CT molecular complexity index is 1210. The number of aromatic nitrogens is 3. The van der Waals surface area contributed by atoms with Gasteiger partial charge in [-0.1, -0.05) is 30.3 Å². The fourth-order valence-corrected chi connectivity index (χ4v) is 4.66. The number of ether oxygens (including phenoxy) is 1. The highest BCUT2D eigenvalue weighted by Gasteiger charge is 2.19. The van der Waals surface area contributed by atoms with Gasteiger partial charge in [-0.15, -0.1) is 5.10 Å². The summed E-state index contributed by atoms with van der Waals surface area (Å²) >= 11 is 0. The van der Waals surface area contributed by atoms with Crippen LogP contribution in [-0.4, -0.2) is 54.9 Å². The van der Waals surface area contributed by atoms with E-state index in [2.05, 4.69) is 10.00 Å². The van der Waals surface area contributed by atoms with E-state index < -0.39 is 15.8 Å². The molecule has 2 aromatic carbocycles. The summed E-state index contributed by atoms with van der Waals surface area (Å²) in [5, 5.41) is 9.73. The minimum absolute atomic E-state index is 0.127. The van der Waals surface area contributed by atoms with E-state index in [0.717, 1.165) is 50.7 Å². The van der Waals surface area contributed by atoms with E-state index in [0.29, 0.717) is 30.5 Å². The Hall–Kier alpha value is -2.66. The molecule has 182 valence electrons. The zero-order valence-corrected chi connectivity index (χ0v) is 20.0. The zero-order valence-electron chi connectivity index (χ0n) is 19.2. The first-order valence-corrected chi connectivity index (χ1v) is 12.9. The van der Waals surface area contributed by atoms with E-state index in [4.69, 9.17) is 14.9 Å². The van der Waals surface area contributed by atoms with E-state index >= 15 is 0 Å². The second-order valence-electron chi connectivity index (χ2n) is 8.76. The normalized spacial score (nSPS) is 15.2. The van der Waals surface area contributed by atoms with E-state index in [1.165, 1.54) is 16.8 Å². The first kappa shape index (κ1) is 24.5. The van der Waals surface area contributed by atoms with Gasteiger partial charge in [-0.25, -0.2) is 27.6 Å². The molecule has 0 atom stereocenters. The molecule has 8 nitrogen and oxygen atoms in total. The lowest BCUT2D eigenvalue weighted by atomic mass is 9.96. The van der Waals surface area contributed by atoms with Crippen molar-refractivity contribution in [3.8, 4) is 5.69 Å². The zero-order chi connectivity index (χ0) is 24.1. The third-order valence-corrected chi connectivity index (χ3v) is 6.98. The molecule has 10 heteroatoms. The van der Waals surface area contributed by atoms with Crippen LogP contribution in [0.15, 0.2) is 53.4 Å². The minimum atomic E-state index is -4.01. The average Bonchev–Trinajstić information content (AvgIpc) is 3.20. The number of rotatable bonds is 9. The summed E-state index contributed by atoms with van der Waals surface area (Å²) in [5.41, 5.74) is 1.14. The maximum atomic E-state index is 15.0. The smallest absolute Gasteiger partial charge is 0.238 e. The highest BCUT2D eigenvalue weighted by atomic mass is 32.2. The molecule has 2 N–H and O–H groups in total. The quantitative estimate of drug-likeness (QED) is 0.498. The van der Waals surface area contributed by atoms with Crippen molar-refractivity contribution in [1.29, 1.82) is 0 Å². The van der Waals surface area contributed by atoms with Gasteiger partial charge >= 0.3 is 0 Å². The summed E-state index contributed by atoms with van der Waals surface area (Å²) in [6, 6.07) is 13.3. The van der Waals surface area contributed by atoms with Crippen molar-refractivity contribution in [3.05, 3.63) is 71.6 Å². The Kier molecular flexibility index (Phi) is 7.72. The van der Waals surface area contributed by atoms with Crippen molar-refractivity contribution in [2.75, 3.05) is 26.8 Å². The van der Waals surface area contributed by atoms with E-state index in [-0.39, 0.29) is 10.6 Å². The Balaban J connectivity index is 1.57. The average molecular weight is 488 g/mol.